The van der Waals surface area contributed by atoms with E-state index in [1.807, 2.05) is 53.4 Å². The molecule has 3 heterocycles. The Kier molecular flexibility index (Phi) is 7.91. The largest absolute Gasteiger partial charge is 0.439 e. The second-order valence-electron chi connectivity index (χ2n) is 11.6. The van der Waals surface area contributed by atoms with Gasteiger partial charge < -0.3 is 4.90 Å². The first-order valence-electron chi connectivity index (χ1n) is 15.1. The normalized spacial score (nSPS) is 16.7. The van der Waals surface area contributed by atoms with E-state index >= 15 is 0 Å². The minimum atomic E-state index is -0.600. The topological polar surface area (TPSA) is 114 Å². The van der Waals surface area contributed by atoms with Crippen LogP contribution in [-0.4, -0.2) is 43.1 Å². The maximum absolute atomic E-state index is 14.1. The molecule has 0 radical (unpaired) electrons. The minimum absolute atomic E-state index is 0.0325. The molecule has 0 spiro atoms. The highest BCUT2D eigenvalue weighted by Gasteiger charge is 2.33. The van der Waals surface area contributed by atoms with Gasteiger partial charge in [-0.05, 0) is 55.7 Å². The number of likely N-dealkylation sites (tertiary alicyclic amines) is 1. The molecule has 4 aromatic rings. The van der Waals surface area contributed by atoms with Crippen LogP contribution in [0.25, 0.3) is 22.5 Å². The predicted molar refractivity (Wildman–Crippen MR) is 160 cm³/mol. The molecule has 1 amide bonds. The van der Waals surface area contributed by atoms with E-state index in [1.165, 1.54) is 0 Å². The van der Waals surface area contributed by atoms with Gasteiger partial charge in [-0.3, -0.25) is 23.7 Å². The molecule has 218 valence electrons. The lowest BCUT2D eigenvalue weighted by Crippen LogP contribution is -2.38. The highest BCUT2D eigenvalue weighted by molar-refractivity contribution is 5.80. The van der Waals surface area contributed by atoms with E-state index in [4.69, 9.17) is 9.51 Å². The van der Waals surface area contributed by atoms with E-state index in [0.717, 1.165) is 85.3 Å². The summed E-state index contributed by atoms with van der Waals surface area (Å²) in [5.74, 6) is 0.894. The fourth-order valence-electron chi connectivity index (χ4n) is 6.02. The van der Waals surface area contributed by atoms with Gasteiger partial charge in [-0.2, -0.15) is 0 Å². The number of nitrogens with zero attached hydrogens (tertiary/aromatic N) is 4. The zero-order valence-electron chi connectivity index (χ0n) is 24.3. The molecular weight excluding hydrogens is 530 g/mol. The number of hydrogen-bond donors (Lipinski definition) is 1. The molecule has 1 aliphatic carbocycles. The van der Waals surface area contributed by atoms with Crippen LogP contribution in [0.2, 0.25) is 0 Å². The quantitative estimate of drug-likeness (QED) is 0.286. The number of hydrogen-bond acceptors (Lipinski definition) is 6. The molecule has 9 heteroatoms. The van der Waals surface area contributed by atoms with Crippen LogP contribution < -0.4 is 11.3 Å². The fraction of sp³-hybridized carbons (Fsp3) is 0.424. The molecule has 0 unspecified atom stereocenters. The first kappa shape index (κ1) is 27.9. The van der Waals surface area contributed by atoms with Gasteiger partial charge in [0.2, 0.25) is 5.91 Å². The molecule has 9 nitrogen and oxygen atoms in total. The Balaban J connectivity index is 1.33. The van der Waals surface area contributed by atoms with Crippen molar-refractivity contribution in [2.45, 2.75) is 83.7 Å². The van der Waals surface area contributed by atoms with Crippen LogP contribution in [0.5, 0.6) is 0 Å². The van der Waals surface area contributed by atoms with Gasteiger partial charge in [0.05, 0.1) is 18.7 Å². The number of benzene rings is 2. The first-order chi connectivity index (χ1) is 20.4. The Labute approximate surface area is 244 Å². The van der Waals surface area contributed by atoms with Crippen molar-refractivity contribution >= 4 is 5.91 Å². The van der Waals surface area contributed by atoms with E-state index < -0.39 is 5.76 Å². The summed E-state index contributed by atoms with van der Waals surface area (Å²) in [6, 6.07) is 15.9. The zero-order valence-corrected chi connectivity index (χ0v) is 24.3. The van der Waals surface area contributed by atoms with Crippen molar-refractivity contribution in [3.63, 3.8) is 0 Å². The predicted octanol–water partition coefficient (Wildman–Crippen LogP) is 5.08. The second kappa shape index (κ2) is 11.9. The molecule has 6 rings (SSSR count). The average Bonchev–Trinajstić information content (AvgIpc) is 3.61. The number of amides is 1. The van der Waals surface area contributed by atoms with Crippen molar-refractivity contribution in [1.82, 2.24) is 24.6 Å². The Morgan fingerprint density at radius 3 is 2.45 bits per heavy atom. The molecule has 2 aromatic heterocycles. The Morgan fingerprint density at radius 2 is 1.81 bits per heavy atom. The summed E-state index contributed by atoms with van der Waals surface area (Å²) in [5, 5.41) is 3.86. The SMILES string of the molecule is CCCCc1nc(C2CC2)c(CC(=O)N2CCC[C@@H]2C)c(=O)n1Cc1ccc(-c2ccccc2-c2noc(=O)[nH]2)cc1. The number of aryl methyl sites for hydroxylation is 1. The average molecular weight is 568 g/mol. The first-order valence-corrected chi connectivity index (χ1v) is 15.1. The van der Waals surface area contributed by atoms with E-state index in [-0.39, 0.29) is 29.8 Å². The standard InChI is InChI=1S/C33H37N5O4/c1-3-4-11-28-34-30(24-16-17-24)27(19-29(39)37-18-7-8-21(37)2)32(40)38(28)20-22-12-14-23(15-13-22)25-9-5-6-10-26(25)31-35-33(41)42-36-31/h5-6,9-10,12-15,21,24H,3-4,7-8,11,16-20H2,1-2H3,(H,35,36,41)/t21-/m0/s1. The van der Waals surface area contributed by atoms with Gasteiger partial charge in [-0.25, -0.2) is 9.78 Å². The van der Waals surface area contributed by atoms with Crippen molar-refractivity contribution in [2.24, 2.45) is 0 Å². The third-order valence-electron chi connectivity index (χ3n) is 8.52. The summed E-state index contributed by atoms with van der Waals surface area (Å²) in [5.41, 5.74) is 4.93. The Hall–Kier alpha value is -4.27. The van der Waals surface area contributed by atoms with Gasteiger partial charge in [0.1, 0.15) is 5.82 Å². The van der Waals surface area contributed by atoms with E-state index in [2.05, 4.69) is 24.0 Å². The van der Waals surface area contributed by atoms with E-state index in [0.29, 0.717) is 17.9 Å². The lowest BCUT2D eigenvalue weighted by Gasteiger charge is -2.23. The van der Waals surface area contributed by atoms with Crippen LogP contribution in [0, 0.1) is 0 Å². The molecule has 42 heavy (non-hydrogen) atoms. The molecule has 1 N–H and O–H groups in total. The van der Waals surface area contributed by atoms with Gasteiger partial charge in [0, 0.05) is 36.1 Å². The maximum Gasteiger partial charge on any atom is 0.439 e. The molecule has 0 bridgehead atoms. The monoisotopic (exact) mass is 567 g/mol. The summed E-state index contributed by atoms with van der Waals surface area (Å²) in [7, 11) is 0. The molecule has 1 saturated carbocycles. The van der Waals surface area contributed by atoms with Crippen LogP contribution in [-0.2, 0) is 24.2 Å². The molecule has 2 fully saturated rings. The number of nitrogens with one attached hydrogen (secondary N) is 1. The maximum atomic E-state index is 14.1. The van der Waals surface area contributed by atoms with Crippen LogP contribution in [0.4, 0.5) is 0 Å². The van der Waals surface area contributed by atoms with Crippen molar-refractivity contribution in [3.05, 3.63) is 92.1 Å². The van der Waals surface area contributed by atoms with Crippen LogP contribution in [0.3, 0.4) is 0 Å². The van der Waals surface area contributed by atoms with Crippen molar-refractivity contribution in [2.75, 3.05) is 6.54 Å². The van der Waals surface area contributed by atoms with E-state index in [1.54, 1.807) is 4.57 Å². The van der Waals surface area contributed by atoms with E-state index in [9.17, 15) is 14.4 Å². The molecule has 2 aromatic carbocycles. The number of aromatic nitrogens is 4. The lowest BCUT2D eigenvalue weighted by molar-refractivity contribution is -0.131. The molecular formula is C33H37N5O4. The van der Waals surface area contributed by atoms with Crippen LogP contribution >= 0.6 is 0 Å². The molecule has 1 atom stereocenters. The summed E-state index contributed by atoms with van der Waals surface area (Å²) in [4.78, 5) is 48.6. The third kappa shape index (κ3) is 5.73. The van der Waals surface area contributed by atoms with Crippen LogP contribution in [0.1, 0.15) is 80.9 Å². The second-order valence-corrected chi connectivity index (χ2v) is 11.6. The third-order valence-corrected chi connectivity index (χ3v) is 8.52. The summed E-state index contributed by atoms with van der Waals surface area (Å²) >= 11 is 0. The highest BCUT2D eigenvalue weighted by Crippen LogP contribution is 2.40. The molecule has 2 aliphatic rings. The van der Waals surface area contributed by atoms with Crippen LogP contribution in [0.15, 0.2) is 62.6 Å². The minimum Gasteiger partial charge on any atom is -0.340 e. The lowest BCUT2D eigenvalue weighted by atomic mass is 9.98. The Morgan fingerprint density at radius 1 is 1.05 bits per heavy atom. The van der Waals surface area contributed by atoms with Gasteiger partial charge in [0.15, 0.2) is 5.82 Å². The smallest absolute Gasteiger partial charge is 0.340 e. The number of rotatable bonds is 10. The summed E-state index contributed by atoms with van der Waals surface area (Å²) < 4.78 is 6.51. The number of unbranched alkanes of at least 4 members (excludes halogenated alkanes) is 1. The van der Waals surface area contributed by atoms with Gasteiger partial charge in [-0.1, -0.05) is 67.0 Å². The van der Waals surface area contributed by atoms with Crippen molar-refractivity contribution in [1.29, 1.82) is 0 Å². The zero-order chi connectivity index (χ0) is 29.2. The van der Waals surface area contributed by atoms with Crippen molar-refractivity contribution in [3.8, 4) is 22.5 Å². The fourth-order valence-corrected chi connectivity index (χ4v) is 6.02. The molecule has 1 aliphatic heterocycles. The highest BCUT2D eigenvalue weighted by atomic mass is 16.5. The van der Waals surface area contributed by atoms with Crippen molar-refractivity contribution < 1.29 is 9.32 Å². The molecule has 1 saturated heterocycles. The van der Waals surface area contributed by atoms with Gasteiger partial charge >= 0.3 is 5.76 Å². The number of carbonyl (C=O) groups is 1. The number of aromatic amines is 1. The summed E-state index contributed by atoms with van der Waals surface area (Å²) in [6.45, 7) is 5.37. The number of H-pyrrole nitrogens is 1. The summed E-state index contributed by atoms with van der Waals surface area (Å²) in [6.07, 6.45) is 6.87. The van der Waals surface area contributed by atoms with Gasteiger partial charge in [-0.15, -0.1) is 0 Å². The Bertz CT molecular complexity index is 1700. The van der Waals surface area contributed by atoms with Gasteiger partial charge in [0.25, 0.3) is 5.56 Å². The number of carbonyl (C=O) groups excluding carboxylic acids is 1.